The zero-order chi connectivity index (χ0) is 19.7. The molecule has 4 rings (SSSR count). The highest BCUT2D eigenvalue weighted by Gasteiger charge is 2.31. The largest absolute Gasteiger partial charge is 0.337 e. The summed E-state index contributed by atoms with van der Waals surface area (Å²) in [7, 11) is 4.20. The summed E-state index contributed by atoms with van der Waals surface area (Å²) in [5, 5.41) is 2.09. The maximum Gasteiger partial charge on any atom is 0.255 e. The molecule has 0 aliphatic carbocycles. The molecule has 150 valence electrons. The number of nitrogens with zero attached hydrogens (tertiary/aromatic N) is 4. The van der Waals surface area contributed by atoms with Crippen molar-refractivity contribution < 1.29 is 4.79 Å². The molecule has 5 nitrogen and oxygen atoms in total. The average Bonchev–Trinajstić information content (AvgIpc) is 3.35. The summed E-state index contributed by atoms with van der Waals surface area (Å²) >= 11 is 1.75. The highest BCUT2D eigenvalue weighted by Crippen LogP contribution is 2.31. The van der Waals surface area contributed by atoms with E-state index < -0.39 is 0 Å². The minimum atomic E-state index is 0.229. The monoisotopic (exact) mass is 398 g/mol. The van der Waals surface area contributed by atoms with E-state index in [9.17, 15) is 4.79 Å². The molecule has 0 N–H and O–H groups in total. The van der Waals surface area contributed by atoms with Crippen LogP contribution in [0.5, 0.6) is 0 Å². The number of aryl methyl sites for hydroxylation is 1. The Bertz CT molecular complexity index is 830. The van der Waals surface area contributed by atoms with Gasteiger partial charge in [0.05, 0.1) is 11.3 Å². The Morgan fingerprint density at radius 3 is 2.86 bits per heavy atom. The zero-order valence-electron chi connectivity index (χ0n) is 17.1. The molecule has 1 saturated heterocycles. The van der Waals surface area contributed by atoms with Crippen LogP contribution in [0.25, 0.3) is 0 Å². The van der Waals surface area contributed by atoms with E-state index in [0.717, 1.165) is 63.2 Å². The summed E-state index contributed by atoms with van der Waals surface area (Å²) in [6.45, 7) is 6.66. The summed E-state index contributed by atoms with van der Waals surface area (Å²) in [4.78, 5) is 25.7. The smallest absolute Gasteiger partial charge is 0.255 e. The van der Waals surface area contributed by atoms with E-state index in [1.807, 2.05) is 11.1 Å². The molecule has 0 aromatic carbocycles. The third-order valence-electron chi connectivity index (χ3n) is 6.12. The molecule has 2 aliphatic heterocycles. The van der Waals surface area contributed by atoms with Crippen molar-refractivity contribution >= 4 is 17.2 Å². The Hall–Kier alpha value is -1.76. The number of hydrogen-bond acceptors (Lipinski definition) is 5. The van der Waals surface area contributed by atoms with Gasteiger partial charge in [0.15, 0.2) is 0 Å². The summed E-state index contributed by atoms with van der Waals surface area (Å²) in [6, 6.07) is 4.81. The van der Waals surface area contributed by atoms with Crippen molar-refractivity contribution in [2.45, 2.75) is 45.3 Å². The molecular formula is C22H30N4OS. The van der Waals surface area contributed by atoms with Gasteiger partial charge in [0, 0.05) is 55.2 Å². The fourth-order valence-corrected chi connectivity index (χ4v) is 5.32. The van der Waals surface area contributed by atoms with E-state index in [0.29, 0.717) is 6.04 Å². The lowest BCUT2D eigenvalue weighted by Crippen LogP contribution is -2.35. The van der Waals surface area contributed by atoms with Crippen LogP contribution in [0, 0.1) is 0 Å². The number of carbonyl (C=O) groups excluding carboxylic acids is 1. The molecule has 1 atom stereocenters. The van der Waals surface area contributed by atoms with Crippen molar-refractivity contribution in [3.63, 3.8) is 0 Å². The first-order valence-electron chi connectivity index (χ1n) is 10.3. The van der Waals surface area contributed by atoms with Crippen LogP contribution in [-0.4, -0.2) is 65.4 Å². The number of carbonyl (C=O) groups is 1. The summed E-state index contributed by atoms with van der Waals surface area (Å²) < 4.78 is 0. The lowest BCUT2D eigenvalue weighted by atomic mass is 10.0. The van der Waals surface area contributed by atoms with Gasteiger partial charge in [0.25, 0.3) is 5.91 Å². The number of pyridine rings is 1. The van der Waals surface area contributed by atoms with Crippen molar-refractivity contribution in [2.24, 2.45) is 0 Å². The summed E-state index contributed by atoms with van der Waals surface area (Å²) in [5.41, 5.74) is 4.64. The van der Waals surface area contributed by atoms with Gasteiger partial charge in [-0.25, -0.2) is 0 Å². The molecule has 0 radical (unpaired) electrons. The lowest BCUT2D eigenvalue weighted by molar-refractivity contribution is 0.0781. The van der Waals surface area contributed by atoms with Crippen molar-refractivity contribution in [3.8, 4) is 0 Å². The van der Waals surface area contributed by atoms with Crippen LogP contribution in [-0.2, 0) is 25.9 Å². The Balaban J connectivity index is 1.41. The lowest BCUT2D eigenvalue weighted by Gasteiger charge is -2.27. The van der Waals surface area contributed by atoms with Gasteiger partial charge in [-0.3, -0.25) is 14.7 Å². The molecular weight excluding hydrogens is 368 g/mol. The molecule has 2 aromatic heterocycles. The second-order valence-corrected chi connectivity index (χ2v) is 9.14. The van der Waals surface area contributed by atoms with Crippen LogP contribution in [0.2, 0.25) is 0 Å². The minimum absolute atomic E-state index is 0.229. The maximum atomic E-state index is 13.1. The van der Waals surface area contributed by atoms with E-state index in [1.54, 1.807) is 11.3 Å². The number of likely N-dealkylation sites (N-methyl/N-ethyl adjacent to an activating group) is 1. The van der Waals surface area contributed by atoms with Crippen LogP contribution in [0.3, 0.4) is 0 Å². The molecule has 2 aliphatic rings. The normalized spacial score (nSPS) is 20.0. The average molecular weight is 399 g/mol. The van der Waals surface area contributed by atoms with E-state index >= 15 is 0 Å². The fraction of sp³-hybridized carbons (Fsp3) is 0.545. The van der Waals surface area contributed by atoms with Gasteiger partial charge in [0.1, 0.15) is 0 Å². The Morgan fingerprint density at radius 1 is 1.32 bits per heavy atom. The van der Waals surface area contributed by atoms with Crippen LogP contribution in [0.4, 0.5) is 0 Å². The zero-order valence-corrected chi connectivity index (χ0v) is 18.0. The van der Waals surface area contributed by atoms with Gasteiger partial charge in [-0.15, -0.1) is 11.3 Å². The molecule has 0 saturated carbocycles. The predicted octanol–water partition coefficient (Wildman–Crippen LogP) is 3.04. The fourth-order valence-electron chi connectivity index (χ4n) is 4.20. The quantitative estimate of drug-likeness (QED) is 0.776. The first-order chi connectivity index (χ1) is 13.5. The first-order valence-corrected chi connectivity index (χ1v) is 11.1. The van der Waals surface area contributed by atoms with E-state index in [1.165, 1.54) is 16.0 Å². The summed E-state index contributed by atoms with van der Waals surface area (Å²) in [5.74, 6) is 0.229. The number of thiophene rings is 1. The van der Waals surface area contributed by atoms with Gasteiger partial charge in [-0.1, -0.05) is 13.0 Å². The van der Waals surface area contributed by atoms with Crippen molar-refractivity contribution in [1.29, 1.82) is 0 Å². The molecule has 1 unspecified atom stereocenters. The topological polar surface area (TPSA) is 39.7 Å². The van der Waals surface area contributed by atoms with Gasteiger partial charge in [-0.05, 0) is 50.6 Å². The Morgan fingerprint density at radius 2 is 2.18 bits per heavy atom. The Kier molecular flexibility index (Phi) is 5.80. The molecule has 28 heavy (non-hydrogen) atoms. The van der Waals surface area contributed by atoms with Gasteiger partial charge < -0.3 is 9.80 Å². The number of aromatic nitrogens is 1. The molecule has 1 amide bonds. The van der Waals surface area contributed by atoms with Crippen molar-refractivity contribution in [3.05, 3.63) is 51.0 Å². The molecule has 2 aromatic rings. The van der Waals surface area contributed by atoms with Gasteiger partial charge in [0.2, 0.25) is 0 Å². The molecule has 0 spiro atoms. The predicted molar refractivity (Wildman–Crippen MR) is 114 cm³/mol. The standard InChI is InChI=1S/C22H30N4OS/c1-4-16-5-6-17(23-11-16)12-25-9-8-19-20(15-28-21(19)14-25)22(27)26-10-7-18(13-26)24(2)3/h5-6,11,15,18H,4,7-10,12-14H2,1-3H3. The van der Waals surface area contributed by atoms with Crippen molar-refractivity contribution in [2.75, 3.05) is 33.7 Å². The highest BCUT2D eigenvalue weighted by molar-refractivity contribution is 7.10. The summed E-state index contributed by atoms with van der Waals surface area (Å²) in [6.07, 6.45) is 5.04. The molecule has 1 fully saturated rings. The SMILES string of the molecule is CCc1ccc(CN2CCc3c(C(=O)N4CCC(N(C)C)C4)csc3C2)nc1. The van der Waals surface area contributed by atoms with Crippen LogP contribution in [0.15, 0.2) is 23.7 Å². The number of amides is 1. The minimum Gasteiger partial charge on any atom is -0.337 e. The maximum absolute atomic E-state index is 13.1. The van der Waals surface area contributed by atoms with E-state index in [4.69, 9.17) is 0 Å². The number of rotatable bonds is 5. The molecule has 4 heterocycles. The highest BCUT2D eigenvalue weighted by atomic mass is 32.1. The second kappa shape index (κ2) is 8.31. The first kappa shape index (κ1) is 19.6. The van der Waals surface area contributed by atoms with E-state index in [-0.39, 0.29) is 5.91 Å². The Labute approximate surface area is 172 Å². The van der Waals surface area contributed by atoms with Crippen LogP contribution < -0.4 is 0 Å². The third kappa shape index (κ3) is 4.00. The third-order valence-corrected chi connectivity index (χ3v) is 7.13. The van der Waals surface area contributed by atoms with E-state index in [2.05, 4.69) is 53.3 Å². The number of fused-ring (bicyclic) bond motifs is 1. The molecule has 6 heteroatoms. The van der Waals surface area contributed by atoms with Gasteiger partial charge in [-0.2, -0.15) is 0 Å². The number of likely N-dealkylation sites (tertiary alicyclic amines) is 1. The second-order valence-electron chi connectivity index (χ2n) is 8.18. The van der Waals surface area contributed by atoms with Gasteiger partial charge >= 0.3 is 0 Å². The van der Waals surface area contributed by atoms with Crippen LogP contribution in [0.1, 0.15) is 45.4 Å². The molecule has 0 bridgehead atoms. The van der Waals surface area contributed by atoms with Crippen molar-refractivity contribution in [1.82, 2.24) is 19.7 Å². The van der Waals surface area contributed by atoms with Crippen LogP contribution >= 0.6 is 11.3 Å². The number of hydrogen-bond donors (Lipinski definition) is 0.